The molecule has 0 atom stereocenters. The maximum absolute atomic E-state index is 14.1. The van der Waals surface area contributed by atoms with E-state index in [9.17, 15) is 23.2 Å². The molecule has 0 unspecified atom stereocenters. The Kier molecular flexibility index (Phi) is 7.32. The van der Waals surface area contributed by atoms with E-state index in [4.69, 9.17) is 4.74 Å². The van der Waals surface area contributed by atoms with Crippen molar-refractivity contribution in [3.63, 3.8) is 0 Å². The van der Waals surface area contributed by atoms with E-state index >= 15 is 0 Å². The monoisotopic (exact) mass is 530 g/mol. The fourth-order valence-corrected chi connectivity index (χ4v) is 6.44. The van der Waals surface area contributed by atoms with Crippen molar-refractivity contribution in [2.75, 3.05) is 18.6 Å². The van der Waals surface area contributed by atoms with Crippen molar-refractivity contribution in [3.05, 3.63) is 68.5 Å². The quantitative estimate of drug-likeness (QED) is 0.539. The molecule has 1 amide bonds. The lowest BCUT2D eigenvalue weighted by Gasteiger charge is -2.31. The number of hydrogen-bond donors (Lipinski definition) is 1. The summed E-state index contributed by atoms with van der Waals surface area (Å²) in [7, 11) is 1.35. The van der Waals surface area contributed by atoms with Gasteiger partial charge in [-0.2, -0.15) is 11.8 Å². The average molecular weight is 531 g/mol. The standard InChI is InChI=1S/C26H28F2N4O4S/c1-36-22-7-2-15(12-21(22)28)24(33)30-17-3-5-18(6-4-17)32-25(34)20-13-16(27)14-29-23(20)31(26(32)35)19-8-10-37-11-9-19/h2,7,12-14,17-19H,3-6,8-11H2,1H3,(H,30,33)/t17-,18+. The molecule has 2 fully saturated rings. The molecule has 1 saturated heterocycles. The number of fused-ring (bicyclic) bond motifs is 1. The molecule has 3 heterocycles. The molecule has 0 radical (unpaired) electrons. The van der Waals surface area contributed by atoms with Crippen molar-refractivity contribution in [3.8, 4) is 5.75 Å². The van der Waals surface area contributed by atoms with Crippen LogP contribution in [0.2, 0.25) is 0 Å². The molecule has 196 valence electrons. The van der Waals surface area contributed by atoms with E-state index < -0.39 is 28.8 Å². The van der Waals surface area contributed by atoms with Gasteiger partial charge in [0.2, 0.25) is 0 Å². The molecule has 3 aromatic rings. The summed E-state index contributed by atoms with van der Waals surface area (Å²) in [4.78, 5) is 43.9. The molecule has 8 nitrogen and oxygen atoms in total. The van der Waals surface area contributed by atoms with Crippen LogP contribution in [0.1, 0.15) is 61.0 Å². The van der Waals surface area contributed by atoms with Crippen LogP contribution in [-0.2, 0) is 0 Å². The van der Waals surface area contributed by atoms with Crippen LogP contribution >= 0.6 is 11.8 Å². The topological polar surface area (TPSA) is 95.2 Å². The Morgan fingerprint density at radius 1 is 1.03 bits per heavy atom. The predicted octanol–water partition coefficient (Wildman–Crippen LogP) is 3.83. The highest BCUT2D eigenvalue weighted by Crippen LogP contribution is 2.30. The number of halogens is 2. The molecule has 1 aliphatic heterocycles. The lowest BCUT2D eigenvalue weighted by atomic mass is 9.90. The van der Waals surface area contributed by atoms with E-state index in [0.29, 0.717) is 25.7 Å². The molecule has 2 aliphatic rings. The molecule has 1 saturated carbocycles. The summed E-state index contributed by atoms with van der Waals surface area (Å²) < 4.78 is 35.8. The van der Waals surface area contributed by atoms with Crippen LogP contribution in [0, 0.1) is 11.6 Å². The number of amides is 1. The Labute approximate surface area is 216 Å². The first-order valence-electron chi connectivity index (χ1n) is 12.4. The third-order valence-corrected chi connectivity index (χ3v) is 8.34. The summed E-state index contributed by atoms with van der Waals surface area (Å²) >= 11 is 1.82. The maximum Gasteiger partial charge on any atom is 0.333 e. The minimum absolute atomic E-state index is 0.0607. The number of nitrogens with one attached hydrogen (secondary N) is 1. The van der Waals surface area contributed by atoms with Gasteiger partial charge in [0, 0.05) is 23.7 Å². The third kappa shape index (κ3) is 5.01. The summed E-state index contributed by atoms with van der Waals surface area (Å²) in [5, 5.41) is 3.03. The van der Waals surface area contributed by atoms with Crippen molar-refractivity contribution < 1.29 is 18.3 Å². The Morgan fingerprint density at radius 2 is 1.73 bits per heavy atom. The summed E-state index contributed by atoms with van der Waals surface area (Å²) in [6.45, 7) is 0. The zero-order valence-corrected chi connectivity index (χ0v) is 21.2. The second-order valence-electron chi connectivity index (χ2n) is 9.52. The van der Waals surface area contributed by atoms with Crippen molar-refractivity contribution in [1.29, 1.82) is 0 Å². The summed E-state index contributed by atoms with van der Waals surface area (Å²) in [6.07, 6.45) is 4.67. The first kappa shape index (κ1) is 25.4. The lowest BCUT2D eigenvalue weighted by molar-refractivity contribution is 0.0921. The van der Waals surface area contributed by atoms with Crippen LogP contribution in [0.3, 0.4) is 0 Å². The van der Waals surface area contributed by atoms with Crippen LogP contribution in [-0.4, -0.2) is 44.7 Å². The number of pyridine rings is 1. The highest BCUT2D eigenvalue weighted by molar-refractivity contribution is 7.99. The zero-order chi connectivity index (χ0) is 26.1. The van der Waals surface area contributed by atoms with E-state index in [-0.39, 0.29) is 40.5 Å². The number of carbonyl (C=O) groups excluding carboxylic acids is 1. The van der Waals surface area contributed by atoms with Crippen LogP contribution in [0.15, 0.2) is 40.1 Å². The zero-order valence-electron chi connectivity index (χ0n) is 20.4. The van der Waals surface area contributed by atoms with E-state index in [0.717, 1.165) is 42.7 Å². The molecular formula is C26H28F2N4O4S. The SMILES string of the molecule is COc1ccc(C(=O)N[C@H]2CC[C@@H](n3c(=O)c4cc(F)cnc4n(C4CCSCC4)c3=O)CC2)cc1F. The van der Waals surface area contributed by atoms with Crippen molar-refractivity contribution >= 4 is 28.7 Å². The smallest absolute Gasteiger partial charge is 0.333 e. The lowest BCUT2D eigenvalue weighted by Crippen LogP contribution is -2.46. The van der Waals surface area contributed by atoms with Gasteiger partial charge in [-0.3, -0.25) is 18.7 Å². The maximum atomic E-state index is 14.1. The van der Waals surface area contributed by atoms with Gasteiger partial charge in [-0.15, -0.1) is 0 Å². The Balaban J connectivity index is 1.38. The number of rotatable bonds is 5. The minimum Gasteiger partial charge on any atom is -0.494 e. The molecule has 1 N–H and O–H groups in total. The van der Waals surface area contributed by atoms with Gasteiger partial charge in [-0.1, -0.05) is 0 Å². The Morgan fingerprint density at radius 3 is 2.41 bits per heavy atom. The molecule has 1 aromatic carbocycles. The first-order chi connectivity index (χ1) is 17.9. The number of methoxy groups -OCH3 is 1. The number of nitrogens with zero attached hydrogens (tertiary/aromatic N) is 3. The summed E-state index contributed by atoms with van der Waals surface area (Å²) in [5.74, 6) is 0.233. The molecule has 11 heteroatoms. The Bertz CT molecular complexity index is 1440. The summed E-state index contributed by atoms with van der Waals surface area (Å²) in [6, 6.07) is 4.55. The predicted molar refractivity (Wildman–Crippen MR) is 138 cm³/mol. The minimum atomic E-state index is -0.623. The van der Waals surface area contributed by atoms with E-state index in [1.165, 1.54) is 23.8 Å². The van der Waals surface area contributed by atoms with Gasteiger partial charge in [0.15, 0.2) is 11.6 Å². The number of benzene rings is 1. The van der Waals surface area contributed by atoms with Crippen molar-refractivity contribution in [2.24, 2.45) is 0 Å². The third-order valence-electron chi connectivity index (χ3n) is 7.29. The fourth-order valence-electron chi connectivity index (χ4n) is 5.35. The molecule has 2 aromatic heterocycles. The highest BCUT2D eigenvalue weighted by Gasteiger charge is 2.30. The largest absolute Gasteiger partial charge is 0.494 e. The van der Waals surface area contributed by atoms with E-state index in [1.807, 2.05) is 11.8 Å². The molecule has 1 aliphatic carbocycles. The Hall–Kier alpha value is -3.21. The van der Waals surface area contributed by atoms with Crippen LogP contribution in [0.5, 0.6) is 5.75 Å². The summed E-state index contributed by atoms with van der Waals surface area (Å²) in [5.41, 5.74) is -0.518. The number of thioether (sulfide) groups is 1. The van der Waals surface area contributed by atoms with Crippen molar-refractivity contribution in [2.45, 2.75) is 56.7 Å². The van der Waals surface area contributed by atoms with Crippen molar-refractivity contribution in [1.82, 2.24) is 19.4 Å². The van der Waals surface area contributed by atoms with Gasteiger partial charge >= 0.3 is 5.69 Å². The highest BCUT2D eigenvalue weighted by atomic mass is 32.2. The number of ether oxygens (including phenoxy) is 1. The fraction of sp³-hybridized carbons (Fsp3) is 0.462. The van der Waals surface area contributed by atoms with Gasteiger partial charge < -0.3 is 10.1 Å². The molecule has 0 spiro atoms. The van der Waals surface area contributed by atoms with E-state index in [1.54, 1.807) is 4.57 Å². The normalized spacial score (nSPS) is 20.6. The molecule has 5 rings (SSSR count). The van der Waals surface area contributed by atoms with Gasteiger partial charge in [0.05, 0.1) is 18.7 Å². The number of aromatic nitrogens is 3. The number of carbonyl (C=O) groups is 1. The van der Waals surface area contributed by atoms with Crippen LogP contribution < -0.4 is 21.3 Å². The van der Waals surface area contributed by atoms with Gasteiger partial charge in [-0.05, 0) is 74.3 Å². The second-order valence-corrected chi connectivity index (χ2v) is 10.7. The molecular weight excluding hydrogens is 502 g/mol. The van der Waals surface area contributed by atoms with Gasteiger partial charge in [0.1, 0.15) is 11.5 Å². The van der Waals surface area contributed by atoms with Gasteiger partial charge in [0.25, 0.3) is 11.5 Å². The number of hydrogen-bond acceptors (Lipinski definition) is 6. The second kappa shape index (κ2) is 10.6. The molecule has 37 heavy (non-hydrogen) atoms. The van der Waals surface area contributed by atoms with Crippen LogP contribution in [0.4, 0.5) is 8.78 Å². The first-order valence-corrected chi connectivity index (χ1v) is 13.6. The van der Waals surface area contributed by atoms with E-state index in [2.05, 4.69) is 10.3 Å². The van der Waals surface area contributed by atoms with Crippen LogP contribution in [0.25, 0.3) is 11.0 Å². The average Bonchev–Trinajstić information content (AvgIpc) is 2.90. The molecule has 0 bridgehead atoms. The van der Waals surface area contributed by atoms with Gasteiger partial charge in [-0.25, -0.2) is 18.6 Å².